The van der Waals surface area contributed by atoms with E-state index < -0.39 is 0 Å². The van der Waals surface area contributed by atoms with E-state index in [9.17, 15) is 9.18 Å². The van der Waals surface area contributed by atoms with Crippen LogP contribution in [-0.2, 0) is 7.05 Å². The summed E-state index contributed by atoms with van der Waals surface area (Å²) in [5, 5.41) is 7.47. The molecule has 1 aromatic carbocycles. The molecule has 1 N–H and O–H groups in total. The monoisotopic (exact) mass is 395 g/mol. The molecule has 0 atom stereocenters. The average molecular weight is 395 g/mol. The summed E-state index contributed by atoms with van der Waals surface area (Å²) < 4.78 is 20.5. The maximum atomic E-state index is 13.1. The lowest BCUT2D eigenvalue weighted by atomic mass is 9.93. The lowest BCUT2D eigenvalue weighted by Crippen LogP contribution is -2.40. The van der Waals surface area contributed by atoms with Crippen LogP contribution in [-0.4, -0.2) is 37.8 Å². The van der Waals surface area contributed by atoms with Crippen molar-refractivity contribution in [1.82, 2.24) is 25.1 Å². The lowest BCUT2D eigenvalue weighted by Gasteiger charge is -2.28. The first-order valence-electron chi connectivity index (χ1n) is 9.63. The zero-order valence-electron chi connectivity index (χ0n) is 16.1. The Morgan fingerprint density at radius 1 is 1.14 bits per heavy atom. The molecule has 150 valence electrons. The first kappa shape index (κ1) is 19.0. The number of benzene rings is 1. The van der Waals surface area contributed by atoms with E-state index in [0.717, 1.165) is 31.2 Å². The molecule has 29 heavy (non-hydrogen) atoms. The zero-order valence-corrected chi connectivity index (χ0v) is 16.1. The van der Waals surface area contributed by atoms with Gasteiger partial charge in [0.15, 0.2) is 0 Å². The topological polar surface area (TPSA) is 81.9 Å². The number of halogens is 1. The van der Waals surface area contributed by atoms with Gasteiger partial charge in [-0.05, 0) is 62.1 Å². The molecule has 4 rings (SSSR count). The summed E-state index contributed by atoms with van der Waals surface area (Å²) in [6.07, 6.45) is 6.68. The normalized spacial score (nSPS) is 19.0. The van der Waals surface area contributed by atoms with Crippen molar-refractivity contribution in [2.24, 2.45) is 7.05 Å². The molecule has 1 fully saturated rings. The molecular formula is C21H22FN5O2. The highest BCUT2D eigenvalue weighted by atomic mass is 19.1. The summed E-state index contributed by atoms with van der Waals surface area (Å²) in [6.45, 7) is 0. The number of nitrogens with zero attached hydrogens (tertiary/aromatic N) is 4. The number of carbonyl (C=O) groups is 1. The van der Waals surface area contributed by atoms with Gasteiger partial charge in [-0.15, -0.1) is 0 Å². The fourth-order valence-corrected chi connectivity index (χ4v) is 3.52. The van der Waals surface area contributed by atoms with Gasteiger partial charge in [-0.25, -0.2) is 14.4 Å². The minimum Gasteiger partial charge on any atom is -0.460 e. The zero-order chi connectivity index (χ0) is 20.2. The average Bonchev–Trinajstić information content (AvgIpc) is 3.12. The van der Waals surface area contributed by atoms with Gasteiger partial charge in [-0.1, -0.05) is 0 Å². The fourth-order valence-electron chi connectivity index (χ4n) is 3.52. The molecule has 1 aliphatic carbocycles. The molecule has 0 aliphatic heterocycles. The van der Waals surface area contributed by atoms with Gasteiger partial charge in [-0.2, -0.15) is 5.10 Å². The van der Waals surface area contributed by atoms with Crippen LogP contribution >= 0.6 is 0 Å². The summed E-state index contributed by atoms with van der Waals surface area (Å²) >= 11 is 0. The van der Waals surface area contributed by atoms with Crippen molar-refractivity contribution in [2.75, 3.05) is 0 Å². The maximum absolute atomic E-state index is 13.1. The van der Waals surface area contributed by atoms with Gasteiger partial charge in [0, 0.05) is 31.0 Å². The minimum absolute atomic E-state index is 0.0623. The molecule has 0 bridgehead atoms. The molecule has 3 aromatic rings. The second kappa shape index (κ2) is 8.38. The van der Waals surface area contributed by atoms with Crippen molar-refractivity contribution in [3.63, 3.8) is 0 Å². The van der Waals surface area contributed by atoms with E-state index >= 15 is 0 Å². The van der Waals surface area contributed by atoms with Crippen LogP contribution in [0.15, 0.2) is 48.8 Å². The maximum Gasteiger partial charge on any atom is 0.316 e. The van der Waals surface area contributed by atoms with E-state index in [1.807, 2.05) is 0 Å². The van der Waals surface area contributed by atoms with Crippen LogP contribution in [0.4, 0.5) is 4.39 Å². The van der Waals surface area contributed by atoms with Crippen LogP contribution in [0.3, 0.4) is 0 Å². The molecule has 2 aromatic heterocycles. The largest absolute Gasteiger partial charge is 0.460 e. The number of ether oxygens (including phenoxy) is 1. The quantitative estimate of drug-likeness (QED) is 0.718. The molecule has 8 heteroatoms. The second-order valence-electron chi connectivity index (χ2n) is 7.14. The van der Waals surface area contributed by atoms with Crippen molar-refractivity contribution in [1.29, 1.82) is 0 Å². The summed E-state index contributed by atoms with van der Waals surface area (Å²) in [7, 11) is 1.73. The molecule has 1 aliphatic rings. The van der Waals surface area contributed by atoms with Gasteiger partial charge in [0.25, 0.3) is 5.91 Å². The molecule has 0 saturated heterocycles. The van der Waals surface area contributed by atoms with Crippen LogP contribution < -0.4 is 10.1 Å². The van der Waals surface area contributed by atoms with Gasteiger partial charge in [-0.3, -0.25) is 9.48 Å². The summed E-state index contributed by atoms with van der Waals surface area (Å²) in [5.74, 6) is -0.467. The highest BCUT2D eigenvalue weighted by Gasteiger charge is 2.25. The Balaban J connectivity index is 1.34. The van der Waals surface area contributed by atoms with Crippen molar-refractivity contribution < 1.29 is 13.9 Å². The first-order valence-corrected chi connectivity index (χ1v) is 9.63. The molecule has 2 heterocycles. The number of hydrogen-bond acceptors (Lipinski definition) is 5. The number of amides is 1. The number of aromatic nitrogens is 4. The van der Waals surface area contributed by atoms with Crippen LogP contribution in [0, 0.1) is 5.82 Å². The van der Waals surface area contributed by atoms with Crippen LogP contribution in [0.5, 0.6) is 6.01 Å². The highest BCUT2D eigenvalue weighted by Crippen LogP contribution is 2.23. The van der Waals surface area contributed by atoms with Crippen molar-refractivity contribution >= 4 is 5.91 Å². The minimum atomic E-state index is -0.305. The number of rotatable bonds is 5. The molecule has 1 saturated carbocycles. The Hall–Kier alpha value is -3.29. The molecule has 1 amide bonds. The standard InChI is InChI=1S/C21H22FN5O2/c1-27-19(13-18(26-27)14-3-5-15(22)6-4-14)20(28)25-16-7-9-17(10-8-16)29-21-23-11-2-12-24-21/h2-6,11-13,16-17H,7-10H2,1H3,(H,25,28). The van der Waals surface area contributed by atoms with Gasteiger partial charge in [0.1, 0.15) is 17.6 Å². The molecule has 0 unspecified atom stereocenters. The second-order valence-corrected chi connectivity index (χ2v) is 7.14. The van der Waals surface area contributed by atoms with Crippen molar-refractivity contribution in [3.05, 3.63) is 60.3 Å². The van der Waals surface area contributed by atoms with E-state index in [-0.39, 0.29) is 23.9 Å². The fraction of sp³-hybridized carbons (Fsp3) is 0.333. The predicted molar refractivity (Wildman–Crippen MR) is 105 cm³/mol. The van der Waals surface area contributed by atoms with E-state index in [1.54, 1.807) is 48.4 Å². The van der Waals surface area contributed by atoms with Crippen LogP contribution in [0.1, 0.15) is 36.2 Å². The molecule has 0 spiro atoms. The Morgan fingerprint density at radius 3 is 2.52 bits per heavy atom. The van der Waals surface area contributed by atoms with E-state index in [2.05, 4.69) is 20.4 Å². The van der Waals surface area contributed by atoms with Crippen LogP contribution in [0.2, 0.25) is 0 Å². The van der Waals surface area contributed by atoms with Gasteiger partial charge >= 0.3 is 6.01 Å². The number of carbonyl (C=O) groups excluding carboxylic acids is 1. The molecule has 7 nitrogen and oxygen atoms in total. The summed E-state index contributed by atoms with van der Waals surface area (Å²) in [4.78, 5) is 20.9. The number of aryl methyl sites for hydroxylation is 1. The Kier molecular flexibility index (Phi) is 5.50. The van der Waals surface area contributed by atoms with Crippen molar-refractivity contribution in [2.45, 2.75) is 37.8 Å². The van der Waals surface area contributed by atoms with Crippen LogP contribution in [0.25, 0.3) is 11.3 Å². The van der Waals surface area contributed by atoms with E-state index in [0.29, 0.717) is 17.4 Å². The summed E-state index contributed by atoms with van der Waals surface area (Å²) in [5.41, 5.74) is 1.87. The smallest absolute Gasteiger partial charge is 0.316 e. The van der Waals surface area contributed by atoms with E-state index in [1.165, 1.54) is 12.1 Å². The SMILES string of the molecule is Cn1nc(-c2ccc(F)cc2)cc1C(=O)NC1CCC(Oc2ncccn2)CC1. The van der Waals surface area contributed by atoms with Gasteiger partial charge in [0.05, 0.1) is 5.69 Å². The lowest BCUT2D eigenvalue weighted by molar-refractivity contribution is 0.0876. The first-order chi connectivity index (χ1) is 14.1. The number of hydrogen-bond donors (Lipinski definition) is 1. The molecular weight excluding hydrogens is 373 g/mol. The van der Waals surface area contributed by atoms with Gasteiger partial charge in [0.2, 0.25) is 0 Å². The third kappa shape index (κ3) is 4.59. The number of nitrogens with one attached hydrogen (secondary N) is 1. The van der Waals surface area contributed by atoms with E-state index in [4.69, 9.17) is 4.74 Å². The van der Waals surface area contributed by atoms with Gasteiger partial charge < -0.3 is 10.1 Å². The highest BCUT2D eigenvalue weighted by molar-refractivity contribution is 5.93. The Labute approximate surface area is 167 Å². The summed E-state index contributed by atoms with van der Waals surface area (Å²) in [6, 6.07) is 10.0. The Morgan fingerprint density at radius 2 is 1.83 bits per heavy atom. The predicted octanol–water partition coefficient (Wildman–Crippen LogP) is 3.14. The molecule has 0 radical (unpaired) electrons. The third-order valence-electron chi connectivity index (χ3n) is 5.08. The Bertz CT molecular complexity index is 966. The third-order valence-corrected chi connectivity index (χ3v) is 5.08. The van der Waals surface area contributed by atoms with Crippen molar-refractivity contribution in [3.8, 4) is 17.3 Å².